The highest BCUT2D eigenvalue weighted by atomic mass is 16.5. The smallest absolute Gasteiger partial charge is 0.142 e. The second-order valence-corrected chi connectivity index (χ2v) is 5.08. The van der Waals surface area contributed by atoms with E-state index in [0.717, 1.165) is 17.9 Å². The molecular formula is C14H22N2O. The Bertz CT molecular complexity index is 390. The molecule has 1 aromatic carbocycles. The Morgan fingerprint density at radius 2 is 2.18 bits per heavy atom. The summed E-state index contributed by atoms with van der Waals surface area (Å²) in [6.45, 7) is 7.21. The van der Waals surface area contributed by atoms with Crippen LogP contribution in [0.5, 0.6) is 5.75 Å². The van der Waals surface area contributed by atoms with E-state index < -0.39 is 0 Å². The molecule has 1 aliphatic heterocycles. The highest BCUT2D eigenvalue weighted by molar-refractivity contribution is 5.60. The first-order chi connectivity index (χ1) is 8.11. The van der Waals surface area contributed by atoms with Crippen molar-refractivity contribution in [2.24, 2.45) is 5.73 Å². The van der Waals surface area contributed by atoms with Gasteiger partial charge in [0, 0.05) is 0 Å². The molecule has 3 heteroatoms. The van der Waals surface area contributed by atoms with Crippen LogP contribution in [0.15, 0.2) is 18.2 Å². The summed E-state index contributed by atoms with van der Waals surface area (Å²) in [6, 6.07) is 6.71. The van der Waals surface area contributed by atoms with Crippen molar-refractivity contribution in [1.82, 2.24) is 0 Å². The van der Waals surface area contributed by atoms with Gasteiger partial charge in [0.05, 0.1) is 11.7 Å². The number of hydrogen-bond acceptors (Lipinski definition) is 3. The Labute approximate surface area is 103 Å². The van der Waals surface area contributed by atoms with E-state index >= 15 is 0 Å². The zero-order valence-electron chi connectivity index (χ0n) is 10.9. The molecule has 1 aromatic rings. The van der Waals surface area contributed by atoms with Gasteiger partial charge >= 0.3 is 0 Å². The first-order valence-electron chi connectivity index (χ1n) is 6.39. The predicted octanol–water partition coefficient (Wildman–Crippen LogP) is 2.72. The number of fused-ring (bicyclic) bond motifs is 1. The van der Waals surface area contributed by atoms with Crippen molar-refractivity contribution in [3.63, 3.8) is 0 Å². The van der Waals surface area contributed by atoms with Gasteiger partial charge in [-0.3, -0.25) is 0 Å². The third-order valence-electron chi connectivity index (χ3n) is 3.34. The van der Waals surface area contributed by atoms with E-state index in [1.165, 1.54) is 5.56 Å². The van der Waals surface area contributed by atoms with Gasteiger partial charge in [-0.25, -0.2) is 0 Å². The molecule has 0 saturated carbocycles. The molecule has 2 rings (SSSR count). The van der Waals surface area contributed by atoms with Crippen LogP contribution in [0.3, 0.4) is 0 Å². The molecule has 0 aliphatic carbocycles. The number of benzene rings is 1. The fourth-order valence-electron chi connectivity index (χ4n) is 2.20. The van der Waals surface area contributed by atoms with Crippen molar-refractivity contribution in [1.29, 1.82) is 0 Å². The third kappa shape index (κ3) is 2.55. The molecule has 1 aliphatic rings. The topological polar surface area (TPSA) is 47.3 Å². The van der Waals surface area contributed by atoms with E-state index in [-0.39, 0.29) is 6.10 Å². The Balaban J connectivity index is 2.22. The summed E-state index contributed by atoms with van der Waals surface area (Å²) in [7, 11) is 0. The molecule has 3 N–H and O–H groups in total. The van der Waals surface area contributed by atoms with Crippen molar-refractivity contribution < 1.29 is 4.74 Å². The van der Waals surface area contributed by atoms with Gasteiger partial charge in [-0.15, -0.1) is 0 Å². The maximum absolute atomic E-state index is 5.98. The van der Waals surface area contributed by atoms with Crippen LogP contribution >= 0.6 is 0 Å². The minimum absolute atomic E-state index is 0.178. The summed E-state index contributed by atoms with van der Waals surface area (Å²) in [5.74, 6) is 1.49. The highest BCUT2D eigenvalue weighted by Crippen LogP contribution is 2.34. The monoisotopic (exact) mass is 234 g/mol. The molecule has 17 heavy (non-hydrogen) atoms. The summed E-state index contributed by atoms with van der Waals surface area (Å²) >= 11 is 0. The molecule has 0 fully saturated rings. The van der Waals surface area contributed by atoms with Crippen LogP contribution < -0.4 is 15.8 Å². The SMILES string of the molecule is CC(C)c1ccc2c(c1)NC(C)C(CCN)O2. The summed E-state index contributed by atoms with van der Waals surface area (Å²) in [5, 5.41) is 3.51. The van der Waals surface area contributed by atoms with E-state index in [4.69, 9.17) is 10.5 Å². The first kappa shape index (κ1) is 12.2. The van der Waals surface area contributed by atoms with E-state index in [1.54, 1.807) is 0 Å². The fraction of sp³-hybridized carbons (Fsp3) is 0.571. The Morgan fingerprint density at radius 1 is 1.41 bits per heavy atom. The van der Waals surface area contributed by atoms with Crippen LogP contribution in [-0.4, -0.2) is 18.7 Å². The van der Waals surface area contributed by atoms with E-state index in [9.17, 15) is 0 Å². The zero-order valence-corrected chi connectivity index (χ0v) is 10.9. The third-order valence-corrected chi connectivity index (χ3v) is 3.34. The highest BCUT2D eigenvalue weighted by Gasteiger charge is 2.25. The van der Waals surface area contributed by atoms with Gasteiger partial charge in [0.15, 0.2) is 0 Å². The number of nitrogens with two attached hydrogens (primary N) is 1. The van der Waals surface area contributed by atoms with Gasteiger partial charge in [0.2, 0.25) is 0 Å². The van der Waals surface area contributed by atoms with Crippen molar-refractivity contribution in [3.05, 3.63) is 23.8 Å². The van der Waals surface area contributed by atoms with E-state index in [0.29, 0.717) is 18.5 Å². The van der Waals surface area contributed by atoms with Crippen LogP contribution in [0, 0.1) is 0 Å². The molecule has 0 spiro atoms. The largest absolute Gasteiger partial charge is 0.486 e. The van der Waals surface area contributed by atoms with Gasteiger partial charge in [0.1, 0.15) is 11.9 Å². The maximum Gasteiger partial charge on any atom is 0.142 e. The van der Waals surface area contributed by atoms with E-state index in [2.05, 4.69) is 44.3 Å². The van der Waals surface area contributed by atoms with E-state index in [1.807, 2.05) is 0 Å². The summed E-state index contributed by atoms with van der Waals surface area (Å²) in [6.07, 6.45) is 1.07. The number of hydrogen-bond donors (Lipinski definition) is 2. The zero-order chi connectivity index (χ0) is 12.4. The van der Waals surface area contributed by atoms with Crippen LogP contribution in [-0.2, 0) is 0 Å². The number of ether oxygens (including phenoxy) is 1. The predicted molar refractivity (Wildman–Crippen MR) is 71.7 cm³/mol. The lowest BCUT2D eigenvalue weighted by molar-refractivity contribution is 0.167. The number of nitrogens with one attached hydrogen (secondary N) is 1. The van der Waals surface area contributed by atoms with Gasteiger partial charge in [0.25, 0.3) is 0 Å². The van der Waals surface area contributed by atoms with Crippen molar-refractivity contribution in [3.8, 4) is 5.75 Å². The molecule has 94 valence electrons. The summed E-state index contributed by atoms with van der Waals surface area (Å²) < 4.78 is 5.98. The second kappa shape index (κ2) is 4.96. The van der Waals surface area contributed by atoms with Gasteiger partial charge in [-0.1, -0.05) is 19.9 Å². The normalized spacial score (nSPS) is 22.9. The summed E-state index contributed by atoms with van der Waals surface area (Å²) in [5.41, 5.74) is 8.04. The first-order valence-corrected chi connectivity index (χ1v) is 6.39. The molecule has 2 atom stereocenters. The fourth-order valence-corrected chi connectivity index (χ4v) is 2.20. The molecule has 0 radical (unpaired) electrons. The van der Waals surface area contributed by atoms with Crippen molar-refractivity contribution in [2.45, 2.75) is 45.3 Å². The Hall–Kier alpha value is -1.22. The number of rotatable bonds is 3. The van der Waals surface area contributed by atoms with Crippen LogP contribution in [0.25, 0.3) is 0 Å². The lowest BCUT2D eigenvalue weighted by Crippen LogP contribution is -2.40. The molecule has 1 heterocycles. The maximum atomic E-state index is 5.98. The molecule has 0 saturated heterocycles. The van der Waals surface area contributed by atoms with Crippen LogP contribution in [0.4, 0.5) is 5.69 Å². The molecular weight excluding hydrogens is 212 g/mol. The minimum Gasteiger partial charge on any atom is -0.486 e. The molecule has 0 amide bonds. The average Bonchev–Trinajstić information content (AvgIpc) is 2.29. The number of anilines is 1. The molecule has 0 aromatic heterocycles. The lowest BCUT2D eigenvalue weighted by atomic mass is 10.0. The van der Waals surface area contributed by atoms with Gasteiger partial charge in [-0.05, 0) is 43.5 Å². The minimum atomic E-state index is 0.178. The molecule has 2 unspecified atom stereocenters. The van der Waals surface area contributed by atoms with Crippen molar-refractivity contribution >= 4 is 5.69 Å². The summed E-state index contributed by atoms with van der Waals surface area (Å²) in [4.78, 5) is 0. The second-order valence-electron chi connectivity index (χ2n) is 5.08. The molecule has 3 nitrogen and oxygen atoms in total. The Morgan fingerprint density at radius 3 is 2.82 bits per heavy atom. The quantitative estimate of drug-likeness (QED) is 0.845. The Kier molecular flexibility index (Phi) is 3.57. The standard InChI is InChI=1S/C14H22N2O/c1-9(2)11-4-5-14-12(8-11)16-10(3)13(17-14)6-7-15/h4-5,8-10,13,16H,6-7,15H2,1-3H3. The van der Waals surface area contributed by atoms with Gasteiger partial charge in [-0.2, -0.15) is 0 Å². The average molecular weight is 234 g/mol. The van der Waals surface area contributed by atoms with Gasteiger partial charge < -0.3 is 15.8 Å². The van der Waals surface area contributed by atoms with Crippen LogP contribution in [0.2, 0.25) is 0 Å². The molecule has 0 bridgehead atoms. The van der Waals surface area contributed by atoms with Crippen molar-refractivity contribution in [2.75, 3.05) is 11.9 Å². The van der Waals surface area contributed by atoms with Crippen LogP contribution in [0.1, 0.15) is 38.7 Å². The lowest BCUT2D eigenvalue weighted by Gasteiger charge is -2.33.